The molecule has 0 aliphatic carbocycles. The fourth-order valence-electron chi connectivity index (χ4n) is 1.80. The van der Waals surface area contributed by atoms with Gasteiger partial charge in [0.15, 0.2) is 0 Å². The highest BCUT2D eigenvalue weighted by Crippen LogP contribution is 2.21. The second-order valence-electron chi connectivity index (χ2n) is 4.57. The van der Waals surface area contributed by atoms with Crippen molar-refractivity contribution in [2.45, 2.75) is 19.9 Å². The van der Waals surface area contributed by atoms with Crippen molar-refractivity contribution in [3.8, 4) is 0 Å². The number of benzene rings is 1. The lowest BCUT2D eigenvalue weighted by Crippen LogP contribution is -2.37. The predicted octanol–water partition coefficient (Wildman–Crippen LogP) is 2.50. The molecule has 0 aromatic heterocycles. The van der Waals surface area contributed by atoms with Crippen LogP contribution in [0.25, 0.3) is 0 Å². The zero-order valence-corrected chi connectivity index (χ0v) is 12.2. The molecule has 0 aliphatic heterocycles. The molecule has 0 saturated carbocycles. The zero-order valence-electron chi connectivity index (χ0n) is 12.2. The van der Waals surface area contributed by atoms with Crippen LogP contribution in [0, 0.1) is 11.6 Å². The van der Waals surface area contributed by atoms with Crippen LogP contribution in [0.15, 0.2) is 12.1 Å². The zero-order chi connectivity index (χ0) is 15.3. The fourth-order valence-corrected chi connectivity index (χ4v) is 1.80. The highest BCUT2D eigenvalue weighted by molar-refractivity contribution is 5.94. The summed E-state index contributed by atoms with van der Waals surface area (Å²) in [6.07, 6.45) is 0. The molecule has 0 aliphatic rings. The first-order chi connectivity index (χ1) is 9.42. The third-order valence-electron chi connectivity index (χ3n) is 3.03. The highest BCUT2D eigenvalue weighted by Gasteiger charge is 2.20. The molecular formula is C14H20F2N2O2. The van der Waals surface area contributed by atoms with Crippen LogP contribution in [0.4, 0.5) is 14.5 Å². The lowest BCUT2D eigenvalue weighted by Gasteiger charge is -2.24. The van der Waals surface area contributed by atoms with Crippen LogP contribution in [0.1, 0.15) is 24.2 Å². The molecule has 0 bridgehead atoms. The smallest absolute Gasteiger partial charge is 0.254 e. The topological polar surface area (TPSA) is 41.6 Å². The van der Waals surface area contributed by atoms with E-state index in [9.17, 15) is 13.6 Å². The standard InChI is InChI=1S/C14H20F2N2O2/c1-5-17-13-11(15)6-10(7-12(13)16)14(19)18(3)9(2)8-20-4/h6-7,9,17H,5,8H2,1-4H3. The summed E-state index contributed by atoms with van der Waals surface area (Å²) in [6, 6.07) is 1.89. The van der Waals surface area contributed by atoms with Gasteiger partial charge < -0.3 is 15.0 Å². The van der Waals surface area contributed by atoms with E-state index in [1.165, 1.54) is 12.0 Å². The number of hydrogen-bond acceptors (Lipinski definition) is 3. The fraction of sp³-hybridized carbons (Fsp3) is 0.500. The molecule has 6 heteroatoms. The van der Waals surface area contributed by atoms with E-state index in [1.54, 1.807) is 20.9 Å². The van der Waals surface area contributed by atoms with Crippen LogP contribution >= 0.6 is 0 Å². The number of carbonyl (C=O) groups is 1. The predicted molar refractivity (Wildman–Crippen MR) is 74.0 cm³/mol. The summed E-state index contributed by atoms with van der Waals surface area (Å²) >= 11 is 0. The van der Waals surface area contributed by atoms with Crippen LogP contribution < -0.4 is 5.32 Å². The van der Waals surface area contributed by atoms with Crippen molar-refractivity contribution in [1.82, 2.24) is 4.90 Å². The van der Waals surface area contributed by atoms with Gasteiger partial charge in [-0.15, -0.1) is 0 Å². The van der Waals surface area contributed by atoms with Gasteiger partial charge in [0.1, 0.15) is 17.3 Å². The Morgan fingerprint density at radius 3 is 2.40 bits per heavy atom. The number of rotatable bonds is 6. The average Bonchev–Trinajstić information content (AvgIpc) is 2.41. The van der Waals surface area contributed by atoms with Gasteiger partial charge >= 0.3 is 0 Å². The molecule has 0 fully saturated rings. The molecule has 0 spiro atoms. The van der Waals surface area contributed by atoms with Crippen LogP contribution in [-0.4, -0.2) is 44.2 Å². The molecule has 112 valence electrons. The van der Waals surface area contributed by atoms with Gasteiger partial charge in [-0.3, -0.25) is 4.79 Å². The van der Waals surface area contributed by atoms with Crippen molar-refractivity contribution >= 4 is 11.6 Å². The number of likely N-dealkylation sites (N-methyl/N-ethyl adjacent to an activating group) is 1. The van der Waals surface area contributed by atoms with E-state index in [0.29, 0.717) is 13.2 Å². The second kappa shape index (κ2) is 7.19. The molecular weight excluding hydrogens is 266 g/mol. The number of halogens is 2. The molecule has 0 heterocycles. The van der Waals surface area contributed by atoms with Crippen LogP contribution in [0.2, 0.25) is 0 Å². The number of nitrogens with one attached hydrogen (secondary N) is 1. The molecule has 1 N–H and O–H groups in total. The first-order valence-electron chi connectivity index (χ1n) is 6.41. The Kier molecular flexibility index (Phi) is 5.88. The van der Waals surface area contributed by atoms with Crippen molar-refractivity contribution in [1.29, 1.82) is 0 Å². The van der Waals surface area contributed by atoms with Crippen molar-refractivity contribution in [3.63, 3.8) is 0 Å². The Morgan fingerprint density at radius 2 is 1.95 bits per heavy atom. The number of ether oxygens (including phenoxy) is 1. The van der Waals surface area contributed by atoms with Gasteiger partial charge in [0.05, 0.1) is 12.6 Å². The molecule has 1 unspecified atom stereocenters. The Bertz CT molecular complexity index is 457. The molecule has 1 amide bonds. The summed E-state index contributed by atoms with van der Waals surface area (Å²) in [5.41, 5.74) is -0.233. The molecule has 1 aromatic rings. The molecule has 1 rings (SSSR count). The molecule has 1 aromatic carbocycles. The van der Waals surface area contributed by atoms with Gasteiger partial charge in [-0.05, 0) is 26.0 Å². The van der Waals surface area contributed by atoms with E-state index in [0.717, 1.165) is 12.1 Å². The normalized spacial score (nSPS) is 12.1. The van der Waals surface area contributed by atoms with Crippen LogP contribution in [-0.2, 0) is 4.74 Å². The minimum atomic E-state index is -0.775. The largest absolute Gasteiger partial charge is 0.383 e. The van der Waals surface area contributed by atoms with Gasteiger partial charge in [-0.1, -0.05) is 0 Å². The third-order valence-corrected chi connectivity index (χ3v) is 3.03. The minimum absolute atomic E-state index is 0.0212. The summed E-state index contributed by atoms with van der Waals surface area (Å²) in [4.78, 5) is 13.5. The van der Waals surface area contributed by atoms with Crippen molar-refractivity contribution in [2.75, 3.05) is 32.6 Å². The van der Waals surface area contributed by atoms with Gasteiger partial charge in [0.2, 0.25) is 0 Å². The molecule has 1 atom stereocenters. The number of anilines is 1. The Hall–Kier alpha value is -1.69. The maximum Gasteiger partial charge on any atom is 0.254 e. The number of amides is 1. The molecule has 0 radical (unpaired) electrons. The lowest BCUT2D eigenvalue weighted by atomic mass is 10.1. The van der Waals surface area contributed by atoms with Crippen LogP contribution in [0.3, 0.4) is 0 Å². The van der Waals surface area contributed by atoms with E-state index in [2.05, 4.69) is 5.32 Å². The monoisotopic (exact) mass is 286 g/mol. The molecule has 0 saturated heterocycles. The van der Waals surface area contributed by atoms with E-state index >= 15 is 0 Å². The third kappa shape index (κ3) is 3.66. The summed E-state index contributed by atoms with van der Waals surface area (Å²) in [5, 5.41) is 2.59. The highest BCUT2D eigenvalue weighted by atomic mass is 19.1. The van der Waals surface area contributed by atoms with E-state index in [4.69, 9.17) is 4.74 Å². The summed E-state index contributed by atoms with van der Waals surface area (Å²) < 4.78 is 32.5. The van der Waals surface area contributed by atoms with Gasteiger partial charge in [0, 0.05) is 26.3 Å². The van der Waals surface area contributed by atoms with Crippen LogP contribution in [0.5, 0.6) is 0 Å². The van der Waals surface area contributed by atoms with Crippen molar-refractivity contribution in [2.24, 2.45) is 0 Å². The SMILES string of the molecule is CCNc1c(F)cc(C(=O)N(C)C(C)COC)cc1F. The summed E-state index contributed by atoms with van der Waals surface area (Å²) in [5.74, 6) is -2.00. The second-order valence-corrected chi connectivity index (χ2v) is 4.57. The molecule has 20 heavy (non-hydrogen) atoms. The first-order valence-corrected chi connectivity index (χ1v) is 6.41. The Balaban J connectivity index is 3.00. The number of methoxy groups -OCH3 is 1. The Labute approximate surface area is 117 Å². The van der Waals surface area contributed by atoms with Gasteiger partial charge in [-0.2, -0.15) is 0 Å². The summed E-state index contributed by atoms with van der Waals surface area (Å²) in [7, 11) is 3.10. The van der Waals surface area contributed by atoms with Gasteiger partial charge in [0.25, 0.3) is 5.91 Å². The maximum absolute atomic E-state index is 13.8. The minimum Gasteiger partial charge on any atom is -0.383 e. The average molecular weight is 286 g/mol. The summed E-state index contributed by atoms with van der Waals surface area (Å²) in [6.45, 7) is 4.27. The number of nitrogens with zero attached hydrogens (tertiary/aromatic N) is 1. The van der Waals surface area contributed by atoms with Crippen molar-refractivity contribution < 1.29 is 18.3 Å². The number of hydrogen-bond donors (Lipinski definition) is 1. The van der Waals surface area contributed by atoms with Crippen molar-refractivity contribution in [3.05, 3.63) is 29.3 Å². The maximum atomic E-state index is 13.8. The van der Waals surface area contributed by atoms with Gasteiger partial charge in [-0.25, -0.2) is 8.78 Å². The lowest BCUT2D eigenvalue weighted by molar-refractivity contribution is 0.0632. The van der Waals surface area contributed by atoms with E-state index in [1.807, 2.05) is 0 Å². The molecule has 4 nitrogen and oxygen atoms in total. The quantitative estimate of drug-likeness (QED) is 0.873. The van der Waals surface area contributed by atoms with E-state index in [-0.39, 0.29) is 17.3 Å². The Morgan fingerprint density at radius 1 is 1.40 bits per heavy atom. The van der Waals surface area contributed by atoms with E-state index < -0.39 is 17.5 Å². The number of carbonyl (C=O) groups excluding carboxylic acids is 1. The first kappa shape index (κ1) is 16.4.